The minimum atomic E-state index is -0.0239. The van der Waals surface area contributed by atoms with Gasteiger partial charge >= 0.3 is 0 Å². The van der Waals surface area contributed by atoms with Crippen molar-refractivity contribution in [1.29, 1.82) is 0 Å². The van der Waals surface area contributed by atoms with Crippen LogP contribution in [0.2, 0.25) is 0 Å². The summed E-state index contributed by atoms with van der Waals surface area (Å²) in [6.07, 6.45) is 2.47. The molecule has 4 nitrogen and oxygen atoms in total. The van der Waals surface area contributed by atoms with Crippen LogP contribution in [0, 0.1) is 5.92 Å². The zero-order chi connectivity index (χ0) is 12.3. The van der Waals surface area contributed by atoms with Crippen molar-refractivity contribution in [2.45, 2.75) is 6.42 Å². The zero-order valence-electron chi connectivity index (χ0n) is 10.0. The summed E-state index contributed by atoms with van der Waals surface area (Å²) in [7, 11) is 0. The lowest BCUT2D eigenvalue weighted by molar-refractivity contribution is -0.123. The summed E-state index contributed by atoms with van der Waals surface area (Å²) in [4.78, 5) is 17.8. The highest BCUT2D eigenvalue weighted by atomic mass is 16.1. The molecule has 4 heteroatoms. The minimum Gasteiger partial charge on any atom is -0.356 e. The van der Waals surface area contributed by atoms with Crippen molar-refractivity contribution in [3.05, 3.63) is 37.2 Å². The Morgan fingerprint density at radius 3 is 3.38 bits per heavy atom. The SMILES string of the molecule is [3H]c1cccc(N2CCC(C(=O)NC=C)C2)n1. The van der Waals surface area contributed by atoms with Gasteiger partial charge in [0.25, 0.3) is 0 Å². The fraction of sp³-hybridized carbons (Fsp3) is 0.333. The van der Waals surface area contributed by atoms with Crippen molar-refractivity contribution in [3.8, 4) is 0 Å². The number of aromatic nitrogens is 1. The molecule has 0 radical (unpaired) electrons. The summed E-state index contributed by atoms with van der Waals surface area (Å²) < 4.78 is 7.47. The standard InChI is InChI=1S/C12H15N3O/c1-2-13-12(16)10-6-8-15(9-10)11-5-3-4-7-14-11/h2-5,7,10H,1,6,8-9H2,(H,13,16)/i7T. The number of pyridine rings is 1. The Bertz CT molecular complexity index is 436. The lowest BCUT2D eigenvalue weighted by Gasteiger charge is -2.16. The van der Waals surface area contributed by atoms with Gasteiger partial charge in [0.05, 0.1) is 7.29 Å². The molecule has 84 valence electrons. The molecule has 0 bridgehead atoms. The van der Waals surface area contributed by atoms with Crippen LogP contribution in [0.15, 0.2) is 37.2 Å². The van der Waals surface area contributed by atoms with E-state index in [9.17, 15) is 4.79 Å². The molecule has 1 N–H and O–H groups in total. The summed E-state index contributed by atoms with van der Waals surface area (Å²) in [5, 5.41) is 2.61. The van der Waals surface area contributed by atoms with Gasteiger partial charge in [-0.05, 0) is 24.8 Å². The van der Waals surface area contributed by atoms with E-state index in [0.29, 0.717) is 6.54 Å². The molecule has 16 heavy (non-hydrogen) atoms. The second-order valence-electron chi connectivity index (χ2n) is 3.77. The van der Waals surface area contributed by atoms with E-state index in [-0.39, 0.29) is 18.0 Å². The number of hydrogen-bond acceptors (Lipinski definition) is 3. The van der Waals surface area contributed by atoms with E-state index in [1.54, 1.807) is 6.07 Å². The number of nitrogens with zero attached hydrogens (tertiary/aromatic N) is 2. The molecule has 1 aromatic heterocycles. The van der Waals surface area contributed by atoms with Gasteiger partial charge in [0.2, 0.25) is 5.91 Å². The average Bonchev–Trinajstić information content (AvgIpc) is 2.78. The predicted molar refractivity (Wildman–Crippen MR) is 62.9 cm³/mol. The number of carbonyl (C=O) groups excluding carboxylic acids is 1. The van der Waals surface area contributed by atoms with Crippen molar-refractivity contribution in [2.24, 2.45) is 5.92 Å². The van der Waals surface area contributed by atoms with Gasteiger partial charge in [0, 0.05) is 19.3 Å². The first kappa shape index (κ1) is 9.39. The Kier molecular flexibility index (Phi) is 2.81. The Hall–Kier alpha value is -1.84. The topological polar surface area (TPSA) is 45.2 Å². The van der Waals surface area contributed by atoms with Crippen molar-refractivity contribution in [2.75, 3.05) is 18.0 Å². The number of anilines is 1. The first-order valence-electron chi connectivity index (χ1n) is 5.80. The molecule has 0 spiro atoms. The van der Waals surface area contributed by atoms with Gasteiger partial charge in [-0.2, -0.15) is 0 Å². The van der Waals surface area contributed by atoms with E-state index in [2.05, 4.69) is 16.9 Å². The second-order valence-corrected chi connectivity index (χ2v) is 3.77. The van der Waals surface area contributed by atoms with Crippen LogP contribution in [0.25, 0.3) is 0 Å². The van der Waals surface area contributed by atoms with E-state index < -0.39 is 0 Å². The first-order valence-corrected chi connectivity index (χ1v) is 5.30. The average molecular weight is 219 g/mol. The summed E-state index contributed by atoms with van der Waals surface area (Å²) >= 11 is 0. The fourth-order valence-electron chi connectivity index (χ4n) is 1.89. The third-order valence-corrected chi connectivity index (χ3v) is 2.72. The van der Waals surface area contributed by atoms with Crippen LogP contribution in [0.3, 0.4) is 0 Å². The third kappa shape index (κ3) is 2.21. The van der Waals surface area contributed by atoms with Gasteiger partial charge in [-0.3, -0.25) is 4.79 Å². The first-order chi connectivity index (χ1) is 8.20. The maximum absolute atomic E-state index is 11.6. The molecule has 0 saturated carbocycles. The van der Waals surface area contributed by atoms with Gasteiger partial charge in [-0.1, -0.05) is 12.6 Å². The molecule has 1 aliphatic rings. The highest BCUT2D eigenvalue weighted by Crippen LogP contribution is 2.21. The minimum absolute atomic E-state index is 0.00419. The molecule has 0 aliphatic carbocycles. The molecule has 2 rings (SSSR count). The number of rotatable bonds is 3. The Morgan fingerprint density at radius 2 is 2.62 bits per heavy atom. The summed E-state index contributed by atoms with van der Waals surface area (Å²) in [6, 6.07) is 5.31. The molecule has 1 amide bonds. The largest absolute Gasteiger partial charge is 0.356 e. The smallest absolute Gasteiger partial charge is 0.228 e. The Balaban J connectivity index is 2.02. The molecular weight excluding hydrogens is 202 g/mol. The van der Waals surface area contributed by atoms with Crippen LogP contribution >= 0.6 is 0 Å². The number of amides is 1. The number of nitrogens with one attached hydrogen (secondary N) is 1. The normalized spacial score (nSPS) is 20.4. The van der Waals surface area contributed by atoms with E-state index in [4.69, 9.17) is 1.37 Å². The lowest BCUT2D eigenvalue weighted by Crippen LogP contribution is -2.29. The number of carbonyl (C=O) groups is 1. The maximum Gasteiger partial charge on any atom is 0.228 e. The molecule has 1 aromatic rings. The van der Waals surface area contributed by atoms with Crippen LogP contribution in [0.4, 0.5) is 5.82 Å². The third-order valence-electron chi connectivity index (χ3n) is 2.72. The van der Waals surface area contributed by atoms with Gasteiger partial charge in [0.1, 0.15) is 5.82 Å². The van der Waals surface area contributed by atoms with E-state index in [1.807, 2.05) is 17.0 Å². The lowest BCUT2D eigenvalue weighted by atomic mass is 10.1. The molecule has 1 atom stereocenters. The zero-order valence-corrected chi connectivity index (χ0v) is 9.02. The van der Waals surface area contributed by atoms with Gasteiger partial charge in [-0.15, -0.1) is 0 Å². The number of hydrogen-bond donors (Lipinski definition) is 1. The van der Waals surface area contributed by atoms with Crippen LogP contribution in [0.1, 0.15) is 7.79 Å². The van der Waals surface area contributed by atoms with Gasteiger partial charge in [0.15, 0.2) is 0 Å². The van der Waals surface area contributed by atoms with Crippen molar-refractivity contribution in [1.82, 2.24) is 10.3 Å². The summed E-state index contributed by atoms with van der Waals surface area (Å²) in [5.74, 6) is 0.750. The van der Waals surface area contributed by atoms with Gasteiger partial charge < -0.3 is 10.2 Å². The van der Waals surface area contributed by atoms with Crippen LogP contribution in [0.5, 0.6) is 0 Å². The molecule has 1 aliphatic heterocycles. The van der Waals surface area contributed by atoms with Crippen molar-refractivity contribution < 1.29 is 6.17 Å². The molecule has 1 unspecified atom stereocenters. The highest BCUT2D eigenvalue weighted by Gasteiger charge is 2.28. The highest BCUT2D eigenvalue weighted by molar-refractivity contribution is 5.80. The Morgan fingerprint density at radius 1 is 1.75 bits per heavy atom. The van der Waals surface area contributed by atoms with E-state index in [0.717, 1.165) is 18.8 Å². The van der Waals surface area contributed by atoms with E-state index in [1.165, 1.54) is 6.20 Å². The monoisotopic (exact) mass is 219 g/mol. The molecule has 2 heterocycles. The quantitative estimate of drug-likeness (QED) is 0.830. The summed E-state index contributed by atoms with van der Waals surface area (Å²) in [6.45, 7) is 4.92. The Labute approximate surface area is 96.4 Å². The predicted octanol–water partition coefficient (Wildman–Crippen LogP) is 1.17. The maximum atomic E-state index is 11.6. The fourth-order valence-corrected chi connectivity index (χ4v) is 1.89. The van der Waals surface area contributed by atoms with Crippen LogP contribution < -0.4 is 10.2 Å². The van der Waals surface area contributed by atoms with Gasteiger partial charge in [-0.25, -0.2) is 4.98 Å². The molecule has 1 fully saturated rings. The molecule has 0 aromatic carbocycles. The summed E-state index contributed by atoms with van der Waals surface area (Å²) in [5.41, 5.74) is 0. The van der Waals surface area contributed by atoms with Crippen molar-refractivity contribution >= 4 is 11.7 Å². The van der Waals surface area contributed by atoms with Crippen LogP contribution in [-0.2, 0) is 4.79 Å². The second kappa shape index (κ2) is 4.79. The van der Waals surface area contributed by atoms with Crippen molar-refractivity contribution in [3.63, 3.8) is 0 Å². The van der Waals surface area contributed by atoms with E-state index >= 15 is 0 Å². The molecular formula is C12H15N3O. The molecule has 1 saturated heterocycles. The van der Waals surface area contributed by atoms with Crippen LogP contribution in [-0.4, -0.2) is 24.0 Å².